The van der Waals surface area contributed by atoms with E-state index >= 15 is 0 Å². The van der Waals surface area contributed by atoms with Crippen LogP contribution in [0.5, 0.6) is 11.5 Å². The molecular formula is C28H43NO8. The molecule has 37 heavy (non-hydrogen) atoms. The lowest BCUT2D eigenvalue weighted by atomic mass is 9.82. The maximum Gasteiger partial charge on any atom is 0.321 e. The Balaban J connectivity index is 3.44. The number of rotatable bonds is 15. The van der Waals surface area contributed by atoms with Crippen molar-refractivity contribution in [2.24, 2.45) is 29.4 Å². The fourth-order valence-corrected chi connectivity index (χ4v) is 3.94. The van der Waals surface area contributed by atoms with Gasteiger partial charge in [0.05, 0.1) is 24.4 Å². The second-order valence-electron chi connectivity index (χ2n) is 10.1. The maximum atomic E-state index is 12.7. The summed E-state index contributed by atoms with van der Waals surface area (Å²) < 4.78 is 16.6. The lowest BCUT2D eigenvalue weighted by Crippen LogP contribution is -2.40. The van der Waals surface area contributed by atoms with Crippen LogP contribution in [0.2, 0.25) is 0 Å². The summed E-state index contributed by atoms with van der Waals surface area (Å²) in [5, 5.41) is 9.67. The predicted molar refractivity (Wildman–Crippen MR) is 139 cm³/mol. The van der Waals surface area contributed by atoms with Gasteiger partial charge in [-0.3, -0.25) is 19.2 Å². The third-order valence-electron chi connectivity index (χ3n) is 6.27. The van der Waals surface area contributed by atoms with E-state index < -0.39 is 41.8 Å². The van der Waals surface area contributed by atoms with Gasteiger partial charge in [-0.05, 0) is 36.5 Å². The van der Waals surface area contributed by atoms with Gasteiger partial charge in [0.2, 0.25) is 0 Å². The van der Waals surface area contributed by atoms with Gasteiger partial charge in [0.1, 0.15) is 6.04 Å². The van der Waals surface area contributed by atoms with E-state index in [2.05, 4.69) is 0 Å². The molecule has 1 aromatic rings. The average Bonchev–Trinajstić information content (AvgIpc) is 2.83. The van der Waals surface area contributed by atoms with Gasteiger partial charge in [-0.15, -0.1) is 0 Å². The van der Waals surface area contributed by atoms with Crippen molar-refractivity contribution in [2.75, 3.05) is 6.61 Å². The molecule has 0 aliphatic rings. The molecule has 0 spiro atoms. The minimum Gasteiger partial charge on any atom is -0.480 e. The molecule has 5 atom stereocenters. The molecule has 0 aromatic heterocycles. The molecule has 0 aliphatic carbocycles. The second-order valence-corrected chi connectivity index (χ2v) is 10.1. The fourth-order valence-electron chi connectivity index (χ4n) is 3.94. The van der Waals surface area contributed by atoms with Crippen LogP contribution in [0.1, 0.15) is 85.6 Å². The van der Waals surface area contributed by atoms with Crippen LogP contribution >= 0.6 is 0 Å². The van der Waals surface area contributed by atoms with Gasteiger partial charge in [-0.2, -0.15) is 0 Å². The Hall–Kier alpha value is -2.94. The summed E-state index contributed by atoms with van der Waals surface area (Å²) in [6.07, 6.45) is 2.85. The first-order chi connectivity index (χ1) is 17.3. The Morgan fingerprint density at radius 3 is 1.81 bits per heavy atom. The fraction of sp³-hybridized carbons (Fsp3) is 0.643. The molecule has 9 heteroatoms. The highest BCUT2D eigenvalue weighted by Crippen LogP contribution is 2.36. The van der Waals surface area contributed by atoms with Crippen molar-refractivity contribution in [1.82, 2.24) is 0 Å². The molecule has 0 amide bonds. The molecule has 0 heterocycles. The van der Waals surface area contributed by atoms with Gasteiger partial charge in [0, 0.05) is 5.92 Å². The lowest BCUT2D eigenvalue weighted by Gasteiger charge is -2.28. The molecule has 0 aliphatic heterocycles. The van der Waals surface area contributed by atoms with Gasteiger partial charge in [-0.1, -0.05) is 67.4 Å². The highest BCUT2D eigenvalue weighted by atomic mass is 16.6. The monoisotopic (exact) mass is 521 g/mol. The summed E-state index contributed by atoms with van der Waals surface area (Å²) >= 11 is 0. The van der Waals surface area contributed by atoms with E-state index in [0.29, 0.717) is 18.4 Å². The standard InChI is InChI=1S/C28H43NO8/c1-8-10-17(5)27(33)36-21-13-12-20(14-22(21)37-28(34)18(6)11-9-2)23(24(29)25(30)31)19(7)15-35-26(32)16(3)4/h12-14,16-19,23-24H,8-11,15,29H2,1-7H3,(H,30,31)/t17?,18?,19?,23?,24-/m0/s1. The van der Waals surface area contributed by atoms with Gasteiger partial charge in [0.25, 0.3) is 0 Å². The molecule has 208 valence electrons. The number of aliphatic carboxylic acids is 1. The summed E-state index contributed by atoms with van der Waals surface area (Å²) in [6.45, 7) is 12.5. The summed E-state index contributed by atoms with van der Waals surface area (Å²) in [5.74, 6) is -4.84. The number of hydrogen-bond donors (Lipinski definition) is 2. The first-order valence-corrected chi connectivity index (χ1v) is 13.1. The normalized spacial score (nSPS) is 15.3. The van der Waals surface area contributed by atoms with Crippen molar-refractivity contribution in [3.63, 3.8) is 0 Å². The summed E-state index contributed by atoms with van der Waals surface area (Å²) in [4.78, 5) is 49.2. The molecule has 0 saturated carbocycles. The number of carbonyl (C=O) groups is 4. The van der Waals surface area contributed by atoms with Gasteiger partial charge in [-0.25, -0.2) is 0 Å². The number of ether oxygens (including phenoxy) is 3. The first-order valence-electron chi connectivity index (χ1n) is 13.1. The summed E-state index contributed by atoms with van der Waals surface area (Å²) in [6, 6.07) is 3.23. The maximum absolute atomic E-state index is 12.7. The minimum atomic E-state index is -1.33. The zero-order chi connectivity index (χ0) is 28.3. The van der Waals surface area contributed by atoms with Crippen molar-refractivity contribution in [2.45, 2.75) is 86.1 Å². The minimum absolute atomic E-state index is 0.0106. The average molecular weight is 522 g/mol. The number of esters is 3. The Kier molecular flexibility index (Phi) is 13.3. The molecule has 0 bridgehead atoms. The van der Waals surface area contributed by atoms with Crippen LogP contribution in [0.4, 0.5) is 0 Å². The van der Waals surface area contributed by atoms with E-state index in [4.69, 9.17) is 19.9 Å². The Morgan fingerprint density at radius 1 is 0.838 bits per heavy atom. The molecule has 1 rings (SSSR count). The van der Waals surface area contributed by atoms with Crippen LogP contribution in [0.15, 0.2) is 18.2 Å². The number of benzene rings is 1. The van der Waals surface area contributed by atoms with Crippen molar-refractivity contribution in [1.29, 1.82) is 0 Å². The van der Waals surface area contributed by atoms with Gasteiger partial charge >= 0.3 is 23.9 Å². The highest BCUT2D eigenvalue weighted by molar-refractivity contribution is 5.79. The first kappa shape index (κ1) is 32.1. The summed E-state index contributed by atoms with van der Waals surface area (Å²) in [7, 11) is 0. The topological polar surface area (TPSA) is 142 Å². The van der Waals surface area contributed by atoms with Crippen LogP contribution in [-0.4, -0.2) is 41.6 Å². The van der Waals surface area contributed by atoms with Crippen LogP contribution in [0.3, 0.4) is 0 Å². The summed E-state index contributed by atoms with van der Waals surface area (Å²) in [5.41, 5.74) is 6.51. The third-order valence-corrected chi connectivity index (χ3v) is 6.27. The Labute approximate surface area is 220 Å². The van der Waals surface area contributed by atoms with Crippen LogP contribution < -0.4 is 15.2 Å². The van der Waals surface area contributed by atoms with Crippen LogP contribution in [0.25, 0.3) is 0 Å². The number of carbonyl (C=O) groups excluding carboxylic acids is 3. The lowest BCUT2D eigenvalue weighted by molar-refractivity contribution is -0.149. The molecule has 0 saturated heterocycles. The molecule has 0 fully saturated rings. The van der Waals surface area contributed by atoms with Gasteiger partial charge in [0.15, 0.2) is 11.5 Å². The molecule has 3 N–H and O–H groups in total. The zero-order valence-corrected chi connectivity index (χ0v) is 23.1. The highest BCUT2D eigenvalue weighted by Gasteiger charge is 2.33. The second kappa shape index (κ2) is 15.3. The van der Waals surface area contributed by atoms with E-state index in [1.165, 1.54) is 12.1 Å². The van der Waals surface area contributed by atoms with E-state index in [1.54, 1.807) is 40.7 Å². The van der Waals surface area contributed by atoms with E-state index in [-0.39, 0.29) is 35.9 Å². The van der Waals surface area contributed by atoms with E-state index in [0.717, 1.165) is 12.8 Å². The molecular weight excluding hydrogens is 478 g/mol. The third kappa shape index (κ3) is 9.80. The van der Waals surface area contributed by atoms with Crippen molar-refractivity contribution in [3.8, 4) is 11.5 Å². The Bertz CT molecular complexity index is 929. The van der Waals surface area contributed by atoms with Crippen molar-refractivity contribution >= 4 is 23.9 Å². The predicted octanol–water partition coefficient (Wildman–Crippen LogP) is 4.70. The number of hydrogen-bond acceptors (Lipinski definition) is 8. The number of nitrogens with two attached hydrogens (primary N) is 1. The Morgan fingerprint density at radius 2 is 1.35 bits per heavy atom. The van der Waals surface area contributed by atoms with E-state index in [1.807, 2.05) is 13.8 Å². The van der Waals surface area contributed by atoms with Crippen molar-refractivity contribution in [3.05, 3.63) is 23.8 Å². The molecule has 4 unspecified atom stereocenters. The van der Waals surface area contributed by atoms with Crippen LogP contribution in [-0.2, 0) is 23.9 Å². The molecule has 0 radical (unpaired) electrons. The smallest absolute Gasteiger partial charge is 0.321 e. The largest absolute Gasteiger partial charge is 0.480 e. The number of carboxylic acids is 1. The van der Waals surface area contributed by atoms with Crippen LogP contribution in [0, 0.1) is 23.7 Å². The quantitative estimate of drug-likeness (QED) is 0.248. The van der Waals surface area contributed by atoms with Gasteiger partial charge < -0.3 is 25.1 Å². The molecule has 9 nitrogen and oxygen atoms in total. The number of carboxylic acid groups (broad SMARTS) is 1. The van der Waals surface area contributed by atoms with Crippen molar-refractivity contribution < 1.29 is 38.5 Å². The SMILES string of the molecule is CCCC(C)C(=O)Oc1ccc(C(C(C)COC(=O)C(C)C)[C@H](N)C(=O)O)cc1OC(=O)C(C)CCC. The zero-order valence-electron chi connectivity index (χ0n) is 23.1. The molecule has 1 aromatic carbocycles. The van der Waals surface area contributed by atoms with E-state index in [9.17, 15) is 24.3 Å².